The minimum Gasteiger partial charge on any atom is -0.461 e. The highest BCUT2D eigenvalue weighted by molar-refractivity contribution is 5.89. The van der Waals surface area contributed by atoms with E-state index in [-0.39, 0.29) is 18.0 Å². The summed E-state index contributed by atoms with van der Waals surface area (Å²) in [5.74, 6) is -0.541. The molecule has 1 atom stereocenters. The van der Waals surface area contributed by atoms with Crippen LogP contribution in [-0.2, 0) is 27.2 Å². The van der Waals surface area contributed by atoms with Crippen LogP contribution in [-0.4, -0.2) is 34.7 Å². The van der Waals surface area contributed by atoms with Crippen molar-refractivity contribution >= 4 is 11.9 Å². The van der Waals surface area contributed by atoms with E-state index in [1.807, 2.05) is 45.0 Å². The number of rotatable bonds is 8. The molecule has 0 amide bonds. The maximum Gasteiger partial charge on any atom is 0.338 e. The molecule has 1 aromatic carbocycles. The smallest absolute Gasteiger partial charge is 0.338 e. The van der Waals surface area contributed by atoms with Gasteiger partial charge in [0.1, 0.15) is 17.7 Å². The van der Waals surface area contributed by atoms with Crippen molar-refractivity contribution in [2.45, 2.75) is 116 Å². The lowest BCUT2D eigenvalue weighted by Crippen LogP contribution is -2.41. The zero-order valence-corrected chi connectivity index (χ0v) is 22.8. The third-order valence-corrected chi connectivity index (χ3v) is 6.67. The fraction of sp³-hybridized carbons (Fsp3) is 0.581. The van der Waals surface area contributed by atoms with Crippen LogP contribution >= 0.6 is 0 Å². The minimum atomic E-state index is -0.536. The standard InChI is InChI=1S/C31H44N2O4/c1-31(2,3)37-29(34)26-18-16-24(17-19-26)23-33-28(21-25-13-12-20-32-22-25)30(35)36-27-14-10-8-6-4-5-7-9-11-15-27/h12-13,16-20,22,27-28,33H,4-11,14-15,21,23H2,1-3H3/t28-/m1/s1. The molecule has 202 valence electrons. The normalized spacial score (nSPS) is 16.8. The number of nitrogens with zero attached hydrogens (tertiary/aromatic N) is 1. The van der Waals surface area contributed by atoms with E-state index in [4.69, 9.17) is 9.47 Å². The van der Waals surface area contributed by atoms with Crippen LogP contribution in [0.15, 0.2) is 48.8 Å². The van der Waals surface area contributed by atoms with Gasteiger partial charge in [-0.05, 0) is 82.2 Å². The molecule has 6 heteroatoms. The Hall–Kier alpha value is -2.73. The number of carbonyl (C=O) groups excluding carboxylic acids is 2. The second-order valence-electron chi connectivity index (χ2n) is 11.2. The monoisotopic (exact) mass is 508 g/mol. The van der Waals surface area contributed by atoms with Crippen LogP contribution in [0, 0.1) is 0 Å². The summed E-state index contributed by atoms with van der Waals surface area (Å²) in [4.78, 5) is 29.9. The maximum absolute atomic E-state index is 13.4. The number of hydrogen-bond donors (Lipinski definition) is 1. The van der Waals surface area contributed by atoms with E-state index in [1.54, 1.807) is 24.5 Å². The van der Waals surface area contributed by atoms with Gasteiger partial charge in [-0.15, -0.1) is 0 Å². The van der Waals surface area contributed by atoms with E-state index in [9.17, 15) is 9.59 Å². The fourth-order valence-corrected chi connectivity index (χ4v) is 4.64. The summed E-state index contributed by atoms with van der Waals surface area (Å²) in [5, 5.41) is 3.40. The van der Waals surface area contributed by atoms with Crippen LogP contribution < -0.4 is 5.32 Å². The number of pyridine rings is 1. The second kappa shape index (κ2) is 14.9. The summed E-state index contributed by atoms with van der Waals surface area (Å²) in [5.41, 5.74) is 1.94. The fourth-order valence-electron chi connectivity index (χ4n) is 4.64. The average Bonchev–Trinajstić information content (AvgIpc) is 2.92. The number of ether oxygens (including phenoxy) is 2. The van der Waals surface area contributed by atoms with Crippen LogP contribution in [0.5, 0.6) is 0 Å². The highest BCUT2D eigenvalue weighted by Crippen LogP contribution is 2.20. The summed E-state index contributed by atoms with van der Waals surface area (Å²) in [6.45, 7) is 6.04. The zero-order chi connectivity index (χ0) is 26.5. The van der Waals surface area contributed by atoms with E-state index < -0.39 is 11.6 Å². The van der Waals surface area contributed by atoms with Gasteiger partial charge in [-0.25, -0.2) is 4.79 Å². The van der Waals surface area contributed by atoms with Crippen molar-refractivity contribution in [3.8, 4) is 0 Å². The van der Waals surface area contributed by atoms with Gasteiger partial charge in [0.2, 0.25) is 0 Å². The Morgan fingerprint density at radius 2 is 1.54 bits per heavy atom. The number of nitrogens with one attached hydrogen (secondary N) is 1. The first-order valence-corrected chi connectivity index (χ1v) is 14.0. The molecule has 3 rings (SSSR count). The molecule has 0 spiro atoms. The van der Waals surface area contributed by atoms with Gasteiger partial charge in [-0.3, -0.25) is 9.78 Å². The Morgan fingerprint density at radius 1 is 0.919 bits per heavy atom. The van der Waals surface area contributed by atoms with Crippen LogP contribution in [0.1, 0.15) is 106 Å². The summed E-state index contributed by atoms with van der Waals surface area (Å²) < 4.78 is 11.5. The van der Waals surface area contributed by atoms with Crippen molar-refractivity contribution < 1.29 is 19.1 Å². The molecule has 6 nitrogen and oxygen atoms in total. The quantitative estimate of drug-likeness (QED) is 0.407. The van der Waals surface area contributed by atoms with E-state index in [1.165, 1.54) is 38.5 Å². The lowest BCUT2D eigenvalue weighted by Gasteiger charge is -2.23. The Labute approximate surface area is 222 Å². The van der Waals surface area contributed by atoms with Crippen molar-refractivity contribution in [1.29, 1.82) is 0 Å². The van der Waals surface area contributed by atoms with Crippen molar-refractivity contribution in [1.82, 2.24) is 10.3 Å². The second-order valence-corrected chi connectivity index (χ2v) is 11.2. The van der Waals surface area contributed by atoms with E-state index in [0.717, 1.165) is 36.8 Å². The molecule has 1 aromatic heterocycles. The van der Waals surface area contributed by atoms with Crippen LogP contribution in [0.2, 0.25) is 0 Å². The molecule has 0 unspecified atom stereocenters. The minimum absolute atomic E-state index is 0.0167. The molecule has 0 bridgehead atoms. The summed E-state index contributed by atoms with van der Waals surface area (Å²) >= 11 is 0. The van der Waals surface area contributed by atoms with Crippen molar-refractivity contribution in [2.75, 3.05) is 0 Å². The van der Waals surface area contributed by atoms with Gasteiger partial charge in [0.05, 0.1) is 5.56 Å². The molecule has 37 heavy (non-hydrogen) atoms. The predicted molar refractivity (Wildman–Crippen MR) is 146 cm³/mol. The average molecular weight is 509 g/mol. The van der Waals surface area contributed by atoms with E-state index in [0.29, 0.717) is 18.5 Å². The molecule has 1 fully saturated rings. The first-order valence-electron chi connectivity index (χ1n) is 14.0. The molecule has 2 aromatic rings. The van der Waals surface area contributed by atoms with Crippen molar-refractivity contribution in [3.05, 3.63) is 65.5 Å². The third kappa shape index (κ3) is 11.0. The molecule has 0 aliphatic heterocycles. The van der Waals surface area contributed by atoms with Gasteiger partial charge >= 0.3 is 11.9 Å². The molecule has 0 saturated heterocycles. The van der Waals surface area contributed by atoms with Crippen molar-refractivity contribution in [3.63, 3.8) is 0 Å². The van der Waals surface area contributed by atoms with E-state index in [2.05, 4.69) is 10.3 Å². The van der Waals surface area contributed by atoms with Gasteiger partial charge in [-0.1, -0.05) is 56.7 Å². The third-order valence-electron chi connectivity index (χ3n) is 6.67. The molecule has 1 heterocycles. The van der Waals surface area contributed by atoms with Gasteiger partial charge in [0.15, 0.2) is 0 Å². The summed E-state index contributed by atoms with van der Waals surface area (Å²) in [6.07, 6.45) is 15.8. The lowest BCUT2D eigenvalue weighted by atomic mass is 10.0. The topological polar surface area (TPSA) is 77.5 Å². The number of esters is 2. The van der Waals surface area contributed by atoms with Crippen LogP contribution in [0.25, 0.3) is 0 Å². The SMILES string of the molecule is CC(C)(C)OC(=O)c1ccc(CN[C@H](Cc2cccnc2)C(=O)OC2CCCCCCCCCC2)cc1. The van der Waals surface area contributed by atoms with Gasteiger partial charge in [0, 0.05) is 18.9 Å². The number of carbonyl (C=O) groups is 2. The van der Waals surface area contributed by atoms with Gasteiger partial charge in [0.25, 0.3) is 0 Å². The molecule has 0 radical (unpaired) electrons. The summed E-state index contributed by atoms with van der Waals surface area (Å²) in [7, 11) is 0. The zero-order valence-electron chi connectivity index (χ0n) is 22.8. The Balaban J connectivity index is 1.63. The number of benzene rings is 1. The van der Waals surface area contributed by atoms with Crippen LogP contribution in [0.3, 0.4) is 0 Å². The maximum atomic E-state index is 13.4. The first-order chi connectivity index (χ1) is 17.8. The molecule has 1 N–H and O–H groups in total. The highest BCUT2D eigenvalue weighted by Gasteiger charge is 2.24. The number of aromatic nitrogens is 1. The Kier molecular flexibility index (Phi) is 11.6. The van der Waals surface area contributed by atoms with Crippen molar-refractivity contribution in [2.24, 2.45) is 0 Å². The predicted octanol–water partition coefficient (Wildman–Crippen LogP) is 6.56. The Bertz CT molecular complexity index is 941. The van der Waals surface area contributed by atoms with E-state index >= 15 is 0 Å². The highest BCUT2D eigenvalue weighted by atomic mass is 16.6. The molecular formula is C31H44N2O4. The largest absolute Gasteiger partial charge is 0.461 e. The van der Waals surface area contributed by atoms with Gasteiger partial charge in [-0.2, -0.15) is 0 Å². The summed E-state index contributed by atoms with van der Waals surface area (Å²) in [6, 6.07) is 10.7. The molecular weight excluding hydrogens is 464 g/mol. The lowest BCUT2D eigenvalue weighted by molar-refractivity contribution is -0.152. The number of hydrogen-bond acceptors (Lipinski definition) is 6. The molecule has 1 aliphatic carbocycles. The molecule has 1 aliphatic rings. The first kappa shape index (κ1) is 28.8. The van der Waals surface area contributed by atoms with Gasteiger partial charge < -0.3 is 14.8 Å². The Morgan fingerprint density at radius 3 is 2.11 bits per heavy atom. The van der Waals surface area contributed by atoms with Crippen LogP contribution in [0.4, 0.5) is 0 Å². The molecule has 1 saturated carbocycles.